The average molecular weight is 867 g/mol. The van der Waals surface area contributed by atoms with Crippen molar-refractivity contribution in [3.63, 3.8) is 0 Å². The summed E-state index contributed by atoms with van der Waals surface area (Å²) in [7, 11) is -1.51. The van der Waals surface area contributed by atoms with Gasteiger partial charge in [0.2, 0.25) is 23.6 Å². The molecule has 59 heavy (non-hydrogen) atoms. The van der Waals surface area contributed by atoms with Gasteiger partial charge in [0.05, 0.1) is 39.6 Å². The van der Waals surface area contributed by atoms with E-state index in [4.69, 9.17) is 29.2 Å². The molecule has 2 atom stereocenters. The van der Waals surface area contributed by atoms with Crippen molar-refractivity contribution in [1.29, 1.82) is 0 Å². The number of ether oxygens (including phenoxy) is 4. The fourth-order valence-corrected chi connectivity index (χ4v) is 6.49. The van der Waals surface area contributed by atoms with Crippen LogP contribution in [0.5, 0.6) is 0 Å². The Balaban J connectivity index is 3.47. The zero-order valence-corrected chi connectivity index (χ0v) is 36.2. The van der Waals surface area contributed by atoms with Crippen LogP contribution in [-0.2, 0) is 58.7 Å². The Hall–Kier alpha value is -3.23. The highest BCUT2D eigenvalue weighted by atomic mass is 32.2. The van der Waals surface area contributed by atoms with Gasteiger partial charge in [-0.15, -0.1) is 0 Å². The Bertz CT molecular complexity index is 1150. The molecule has 0 aromatic rings. The monoisotopic (exact) mass is 867 g/mol. The lowest BCUT2D eigenvalue weighted by molar-refractivity contribution is -0.409. The molecule has 1 unspecified atom stereocenters. The molecular weight excluding hydrogens is 791 g/mol. The fraction of sp³-hybridized carbons (Fsp3) is 0.850. The molecule has 0 aromatic carbocycles. The standard InChI is InChI=1S/C40H75N5O13S/c41-34(40(52)53)18-15-16-22-42-37(48)32-57-29-28-56-26-24-44-38(49)33-58-30-27-55-25-23-43-35(46)20-17-31-59(54)45-36(47)19-13-11-9-7-5-3-1-2-4-6-8-10-12-14-21-39(50)51/h34H,1-33,41H2,(H,42,48)(H,43,46)(H,44,49)(H,45,47)(H,50,51)(H,52,53)/p+1/t34-,59?/m0/s1. The molecule has 0 spiro atoms. The Morgan fingerprint density at radius 1 is 0.475 bits per heavy atom. The number of nitrogens with one attached hydrogen (secondary N) is 4. The van der Waals surface area contributed by atoms with Crippen molar-refractivity contribution in [2.45, 2.75) is 141 Å². The molecule has 0 aromatic heterocycles. The van der Waals surface area contributed by atoms with E-state index in [0.717, 1.165) is 44.9 Å². The van der Waals surface area contributed by atoms with Gasteiger partial charge < -0.3 is 50.8 Å². The zero-order valence-electron chi connectivity index (χ0n) is 35.4. The molecule has 0 bridgehead atoms. The molecule has 0 heterocycles. The molecule has 344 valence electrons. The summed E-state index contributed by atoms with van der Waals surface area (Å²) in [5, 5.41) is 25.5. The second-order valence-electron chi connectivity index (χ2n) is 14.4. The van der Waals surface area contributed by atoms with Crippen LogP contribution >= 0.6 is 0 Å². The molecule has 0 radical (unpaired) electrons. The number of hydrogen-bond donors (Lipinski definition) is 7. The largest absolute Gasteiger partial charge is 0.481 e. The number of amides is 4. The van der Waals surface area contributed by atoms with Crippen LogP contribution in [0.4, 0.5) is 0 Å². The van der Waals surface area contributed by atoms with E-state index in [0.29, 0.717) is 45.2 Å². The van der Waals surface area contributed by atoms with Gasteiger partial charge in [-0.05, 0) is 32.1 Å². The van der Waals surface area contributed by atoms with Crippen molar-refractivity contribution in [3.8, 4) is 0 Å². The van der Waals surface area contributed by atoms with E-state index in [1.165, 1.54) is 44.9 Å². The minimum Gasteiger partial charge on any atom is -0.481 e. The van der Waals surface area contributed by atoms with Crippen molar-refractivity contribution in [2.75, 3.05) is 78.2 Å². The average Bonchev–Trinajstić information content (AvgIpc) is 3.19. The van der Waals surface area contributed by atoms with Crippen molar-refractivity contribution < 1.29 is 67.9 Å². The summed E-state index contributed by atoms with van der Waals surface area (Å²) in [5.74, 6) is -2.42. The molecule has 0 saturated heterocycles. The van der Waals surface area contributed by atoms with Crippen LogP contribution in [0.2, 0.25) is 0 Å². The van der Waals surface area contributed by atoms with Crippen LogP contribution < -0.4 is 26.4 Å². The van der Waals surface area contributed by atoms with Gasteiger partial charge >= 0.3 is 11.9 Å². The highest BCUT2D eigenvalue weighted by Crippen LogP contribution is 2.14. The van der Waals surface area contributed by atoms with Gasteiger partial charge in [0.25, 0.3) is 0 Å². The fourth-order valence-electron chi connectivity index (χ4n) is 5.63. The Labute approximate surface area is 353 Å². The first-order valence-electron chi connectivity index (χ1n) is 21.6. The maximum atomic E-state index is 12.2. The van der Waals surface area contributed by atoms with Crippen LogP contribution in [0.15, 0.2) is 0 Å². The van der Waals surface area contributed by atoms with Crippen LogP contribution in [-0.4, -0.2) is 134 Å². The second kappa shape index (κ2) is 41.5. The quantitative estimate of drug-likeness (QED) is 0.0434. The van der Waals surface area contributed by atoms with Crippen molar-refractivity contribution in [3.05, 3.63) is 0 Å². The van der Waals surface area contributed by atoms with Gasteiger partial charge in [-0.3, -0.25) is 28.7 Å². The highest BCUT2D eigenvalue weighted by Gasteiger charge is 2.14. The predicted octanol–water partition coefficient (Wildman–Crippen LogP) is 2.15. The Kier molecular flexibility index (Phi) is 39.2. The maximum absolute atomic E-state index is 12.2. The summed E-state index contributed by atoms with van der Waals surface area (Å²) >= 11 is 0. The summed E-state index contributed by atoms with van der Waals surface area (Å²) in [6.07, 6.45) is 18.5. The molecule has 0 aliphatic rings. The number of unbranched alkanes of at least 4 members (excludes halogenated alkanes) is 14. The summed E-state index contributed by atoms with van der Waals surface area (Å²) in [4.78, 5) is 68.9. The number of carboxylic acid groups (broad SMARTS) is 2. The zero-order chi connectivity index (χ0) is 43.6. The summed E-state index contributed by atoms with van der Waals surface area (Å²) < 4.78 is 36.0. The van der Waals surface area contributed by atoms with Crippen molar-refractivity contribution in [1.82, 2.24) is 20.7 Å². The molecule has 0 fully saturated rings. The number of rotatable bonds is 44. The van der Waals surface area contributed by atoms with E-state index >= 15 is 0 Å². The third-order valence-electron chi connectivity index (χ3n) is 9.00. The van der Waals surface area contributed by atoms with E-state index < -0.39 is 29.0 Å². The third-order valence-corrected chi connectivity index (χ3v) is 10.1. The molecule has 0 saturated carbocycles. The van der Waals surface area contributed by atoms with Gasteiger partial charge in [0.1, 0.15) is 24.2 Å². The number of quaternary nitrogens is 1. The summed E-state index contributed by atoms with van der Waals surface area (Å²) in [5.41, 5.74) is 3.54. The molecule has 4 amide bonds. The number of aliphatic carboxylic acids is 2. The van der Waals surface area contributed by atoms with E-state index in [9.17, 15) is 33.0 Å². The molecule has 18 nitrogen and oxygen atoms in total. The van der Waals surface area contributed by atoms with Crippen LogP contribution in [0.25, 0.3) is 0 Å². The smallest absolute Gasteiger partial charge is 0.362 e. The molecule has 9 N–H and O–H groups in total. The first-order chi connectivity index (χ1) is 28.5. The Morgan fingerprint density at radius 2 is 0.898 bits per heavy atom. The van der Waals surface area contributed by atoms with Gasteiger partial charge in [-0.25, -0.2) is 9.00 Å². The van der Waals surface area contributed by atoms with E-state index in [-0.39, 0.29) is 102 Å². The predicted molar refractivity (Wildman–Crippen MR) is 222 cm³/mol. The van der Waals surface area contributed by atoms with Crippen molar-refractivity contribution in [2.24, 2.45) is 0 Å². The van der Waals surface area contributed by atoms with Crippen molar-refractivity contribution >= 4 is 46.6 Å². The van der Waals surface area contributed by atoms with Gasteiger partial charge in [0.15, 0.2) is 6.04 Å². The normalized spacial score (nSPS) is 12.1. The first kappa shape index (κ1) is 55.8. The highest BCUT2D eigenvalue weighted by molar-refractivity contribution is 7.83. The van der Waals surface area contributed by atoms with Crippen LogP contribution in [0.3, 0.4) is 0 Å². The molecule has 19 heteroatoms. The Morgan fingerprint density at radius 3 is 1.39 bits per heavy atom. The lowest BCUT2D eigenvalue weighted by Gasteiger charge is -2.09. The maximum Gasteiger partial charge on any atom is 0.362 e. The topological polar surface area (TPSA) is 273 Å². The molecular formula is C40H76N5O13S+. The third kappa shape index (κ3) is 42.7. The summed E-state index contributed by atoms with van der Waals surface area (Å²) in [6, 6.07) is -0.640. The van der Waals surface area contributed by atoms with Gasteiger partial charge in [0, 0.05) is 51.1 Å². The summed E-state index contributed by atoms with van der Waals surface area (Å²) in [6.45, 7) is 2.22. The van der Waals surface area contributed by atoms with Gasteiger partial charge in [-0.2, -0.15) is 0 Å². The van der Waals surface area contributed by atoms with E-state index in [1.54, 1.807) is 0 Å². The molecule has 0 aliphatic carbocycles. The van der Waals surface area contributed by atoms with E-state index in [1.807, 2.05) is 0 Å². The van der Waals surface area contributed by atoms with E-state index in [2.05, 4.69) is 26.4 Å². The molecule has 0 aliphatic heterocycles. The number of carbonyl (C=O) groups is 6. The van der Waals surface area contributed by atoms with Gasteiger partial charge in [-0.1, -0.05) is 77.0 Å². The molecule has 0 rings (SSSR count). The number of carbonyl (C=O) groups excluding carboxylic acids is 4. The SMILES string of the molecule is [NH3+][C@@H](CCCCNC(=O)COCCOCCNC(=O)COCCOCCNC(=O)CCCS(=O)NC(=O)CCCCCCCCCCCCCCCCC(=O)O)C(=O)O. The first-order valence-corrected chi connectivity index (χ1v) is 22.9. The van der Waals surface area contributed by atoms with Crippen LogP contribution in [0.1, 0.15) is 135 Å². The number of hydrogen-bond acceptors (Lipinski definition) is 11. The minimum absolute atomic E-state index is 0.107. The lowest BCUT2D eigenvalue weighted by atomic mass is 10.0. The lowest BCUT2D eigenvalue weighted by Crippen LogP contribution is -2.64. The second-order valence-corrected chi connectivity index (χ2v) is 15.7. The number of carboxylic acids is 2. The van der Waals surface area contributed by atoms with Crippen LogP contribution in [0, 0.1) is 0 Å². The minimum atomic E-state index is -1.51.